The van der Waals surface area contributed by atoms with Gasteiger partial charge in [-0.15, -0.1) is 27.2 Å². The summed E-state index contributed by atoms with van der Waals surface area (Å²) in [7, 11) is 3.20. The van der Waals surface area contributed by atoms with Gasteiger partial charge < -0.3 is 19.2 Å². The van der Waals surface area contributed by atoms with Crippen LogP contribution in [0.1, 0.15) is 17.5 Å². The molecular formula is C23H21BrClN3O3. The van der Waals surface area contributed by atoms with E-state index in [-0.39, 0.29) is 23.0 Å². The average molecular weight is 503 g/mol. The maximum Gasteiger partial charge on any atom is 0.247 e. The average Bonchev–Trinajstić information content (AvgIpc) is 3.28. The van der Waals surface area contributed by atoms with Gasteiger partial charge in [0.1, 0.15) is 6.04 Å². The van der Waals surface area contributed by atoms with Crippen LogP contribution in [0, 0.1) is 0 Å². The fourth-order valence-corrected chi connectivity index (χ4v) is 3.21. The zero-order chi connectivity index (χ0) is 20.9. The maximum absolute atomic E-state index is 6.08. The van der Waals surface area contributed by atoms with Gasteiger partial charge >= 0.3 is 0 Å². The molecule has 0 bridgehead atoms. The van der Waals surface area contributed by atoms with Crippen molar-refractivity contribution >= 4 is 34.3 Å². The molecule has 0 saturated carbocycles. The van der Waals surface area contributed by atoms with Gasteiger partial charge in [-0.1, -0.05) is 41.9 Å². The van der Waals surface area contributed by atoms with Crippen molar-refractivity contribution in [3.8, 4) is 23.0 Å². The van der Waals surface area contributed by atoms with Crippen LogP contribution in [0.25, 0.3) is 11.5 Å². The van der Waals surface area contributed by atoms with Crippen LogP contribution in [0.4, 0.5) is 5.69 Å². The summed E-state index contributed by atoms with van der Waals surface area (Å²) in [6.07, 6.45) is 0. The number of aromatic nitrogens is 2. The Morgan fingerprint density at radius 2 is 1.58 bits per heavy atom. The zero-order valence-electron chi connectivity index (χ0n) is 16.9. The lowest BCUT2D eigenvalue weighted by molar-refractivity contribution is 0.355. The normalized spacial score (nSPS) is 11.3. The second-order valence-electron chi connectivity index (χ2n) is 6.51. The molecule has 0 radical (unpaired) electrons. The van der Waals surface area contributed by atoms with Gasteiger partial charge in [0.25, 0.3) is 0 Å². The highest BCUT2D eigenvalue weighted by molar-refractivity contribution is 8.93. The number of rotatable bonds is 7. The first-order valence-corrected chi connectivity index (χ1v) is 9.68. The number of halogens is 2. The standard InChI is InChI=1S/C23H20ClN3O3.BrH/c1-28-19-13-12-18(14-20(19)29-2)25-21(15-8-10-17(24)11-9-15)23-27-26-22(30-23)16-6-4-3-5-7-16;/h3-14,21,25H,1-2H3;1H. The molecule has 1 atom stereocenters. The van der Waals surface area contributed by atoms with Crippen molar-refractivity contribution in [3.05, 3.63) is 89.3 Å². The molecule has 31 heavy (non-hydrogen) atoms. The van der Waals surface area contributed by atoms with Gasteiger partial charge in [-0.05, 0) is 42.0 Å². The first-order chi connectivity index (χ1) is 14.7. The lowest BCUT2D eigenvalue weighted by atomic mass is 10.1. The molecule has 0 aliphatic carbocycles. The van der Waals surface area contributed by atoms with Crippen LogP contribution in [-0.4, -0.2) is 24.4 Å². The van der Waals surface area contributed by atoms with Crippen molar-refractivity contribution < 1.29 is 13.9 Å². The van der Waals surface area contributed by atoms with Gasteiger partial charge in [0.2, 0.25) is 11.8 Å². The zero-order valence-corrected chi connectivity index (χ0v) is 19.4. The minimum Gasteiger partial charge on any atom is -0.493 e. The molecule has 0 saturated heterocycles. The molecule has 0 aliphatic rings. The van der Waals surface area contributed by atoms with Crippen molar-refractivity contribution in [1.82, 2.24) is 10.2 Å². The number of nitrogens with one attached hydrogen (secondary N) is 1. The van der Waals surface area contributed by atoms with Crippen LogP contribution in [0.3, 0.4) is 0 Å². The van der Waals surface area contributed by atoms with Crippen LogP contribution >= 0.6 is 28.6 Å². The molecule has 0 fully saturated rings. The molecule has 6 nitrogen and oxygen atoms in total. The number of hydrogen-bond acceptors (Lipinski definition) is 6. The molecule has 0 aliphatic heterocycles. The summed E-state index contributed by atoms with van der Waals surface area (Å²) in [5, 5.41) is 12.6. The molecule has 1 aromatic heterocycles. The van der Waals surface area contributed by atoms with E-state index in [1.165, 1.54) is 0 Å². The summed E-state index contributed by atoms with van der Waals surface area (Å²) in [6, 6.07) is 22.4. The molecule has 8 heteroatoms. The molecule has 3 aromatic carbocycles. The second-order valence-corrected chi connectivity index (χ2v) is 6.95. The van der Waals surface area contributed by atoms with Gasteiger partial charge in [-0.2, -0.15) is 0 Å². The molecular weight excluding hydrogens is 482 g/mol. The van der Waals surface area contributed by atoms with E-state index >= 15 is 0 Å². The van der Waals surface area contributed by atoms with Gasteiger partial charge in [0.05, 0.1) is 14.2 Å². The lowest BCUT2D eigenvalue weighted by Crippen LogP contribution is -2.13. The summed E-state index contributed by atoms with van der Waals surface area (Å²) < 4.78 is 16.8. The lowest BCUT2D eigenvalue weighted by Gasteiger charge is -2.18. The van der Waals surface area contributed by atoms with E-state index in [9.17, 15) is 0 Å². The van der Waals surface area contributed by atoms with Crippen molar-refractivity contribution in [2.45, 2.75) is 6.04 Å². The van der Waals surface area contributed by atoms with Crippen molar-refractivity contribution in [3.63, 3.8) is 0 Å². The van der Waals surface area contributed by atoms with Crippen LogP contribution in [-0.2, 0) is 0 Å². The van der Waals surface area contributed by atoms with Crippen LogP contribution < -0.4 is 14.8 Å². The first-order valence-electron chi connectivity index (χ1n) is 9.31. The van der Waals surface area contributed by atoms with E-state index in [2.05, 4.69) is 15.5 Å². The number of benzene rings is 3. The summed E-state index contributed by atoms with van der Waals surface area (Å²) in [5.74, 6) is 2.16. The number of hydrogen-bond donors (Lipinski definition) is 1. The largest absolute Gasteiger partial charge is 0.493 e. The Kier molecular flexibility index (Phi) is 7.55. The predicted molar refractivity (Wildman–Crippen MR) is 127 cm³/mol. The van der Waals surface area contributed by atoms with Crippen molar-refractivity contribution in [2.24, 2.45) is 0 Å². The highest BCUT2D eigenvalue weighted by Crippen LogP contribution is 2.34. The summed E-state index contributed by atoms with van der Waals surface area (Å²) in [4.78, 5) is 0. The summed E-state index contributed by atoms with van der Waals surface area (Å²) in [5.41, 5.74) is 2.60. The van der Waals surface area contributed by atoms with E-state index < -0.39 is 0 Å². The fraction of sp³-hybridized carbons (Fsp3) is 0.130. The minimum atomic E-state index is -0.384. The maximum atomic E-state index is 6.08. The first kappa shape index (κ1) is 22.7. The van der Waals surface area contributed by atoms with Gasteiger partial charge in [-0.3, -0.25) is 0 Å². The van der Waals surface area contributed by atoms with Crippen LogP contribution in [0.2, 0.25) is 5.02 Å². The molecule has 1 N–H and O–H groups in total. The Bertz CT molecular complexity index is 1120. The van der Waals surface area contributed by atoms with Crippen LogP contribution in [0.15, 0.2) is 77.2 Å². The molecule has 4 aromatic rings. The number of ether oxygens (including phenoxy) is 2. The predicted octanol–water partition coefficient (Wildman–Crippen LogP) is 6.19. The van der Waals surface area contributed by atoms with Gasteiger partial charge in [0, 0.05) is 22.3 Å². The SMILES string of the molecule is Br.COc1ccc(NC(c2ccc(Cl)cc2)c2nnc(-c3ccccc3)o2)cc1OC. The Morgan fingerprint density at radius 3 is 2.26 bits per heavy atom. The molecule has 0 amide bonds. The smallest absolute Gasteiger partial charge is 0.247 e. The van der Waals surface area contributed by atoms with E-state index in [0.717, 1.165) is 16.8 Å². The fourth-order valence-electron chi connectivity index (χ4n) is 3.08. The van der Waals surface area contributed by atoms with Gasteiger partial charge in [0.15, 0.2) is 11.5 Å². The molecule has 4 rings (SSSR count). The molecule has 160 valence electrons. The molecule has 1 unspecified atom stereocenters. The third kappa shape index (κ3) is 5.18. The quantitative estimate of drug-likeness (QED) is 0.325. The summed E-state index contributed by atoms with van der Waals surface area (Å²) >= 11 is 6.08. The number of anilines is 1. The van der Waals surface area contributed by atoms with Gasteiger partial charge in [-0.25, -0.2) is 0 Å². The third-order valence-electron chi connectivity index (χ3n) is 4.61. The van der Waals surface area contributed by atoms with E-state index in [1.807, 2.05) is 72.8 Å². The highest BCUT2D eigenvalue weighted by Gasteiger charge is 2.22. The third-order valence-corrected chi connectivity index (χ3v) is 4.86. The second kappa shape index (κ2) is 10.3. The molecule has 0 spiro atoms. The van der Waals surface area contributed by atoms with Crippen LogP contribution in [0.5, 0.6) is 11.5 Å². The van der Waals surface area contributed by atoms with E-state index in [1.54, 1.807) is 14.2 Å². The Balaban J connectivity index is 0.00000272. The Labute approximate surface area is 195 Å². The number of nitrogens with zero attached hydrogens (tertiary/aromatic N) is 2. The van der Waals surface area contributed by atoms with Crippen molar-refractivity contribution in [2.75, 3.05) is 19.5 Å². The topological polar surface area (TPSA) is 69.4 Å². The number of methoxy groups -OCH3 is 2. The van der Waals surface area contributed by atoms with E-state index in [4.69, 9.17) is 25.5 Å². The molecule has 1 heterocycles. The van der Waals surface area contributed by atoms with Crippen molar-refractivity contribution in [1.29, 1.82) is 0 Å². The van der Waals surface area contributed by atoms with E-state index in [0.29, 0.717) is 28.3 Å². The Morgan fingerprint density at radius 1 is 0.871 bits per heavy atom. The summed E-state index contributed by atoms with van der Waals surface area (Å²) in [6.45, 7) is 0. The minimum absolute atomic E-state index is 0. The highest BCUT2D eigenvalue weighted by atomic mass is 79.9. The monoisotopic (exact) mass is 501 g/mol. The Hall–Kier alpha value is -3.03.